The molecule has 2 aromatic carbocycles. The fraction of sp³-hybridized carbons (Fsp3) is 0.208. The molecule has 0 atom stereocenters. The highest BCUT2D eigenvalue weighted by Gasteiger charge is 2.22. The molecule has 0 aliphatic heterocycles. The van der Waals surface area contributed by atoms with Crippen molar-refractivity contribution in [2.45, 2.75) is 38.1 Å². The quantitative estimate of drug-likeness (QED) is 0.383. The Labute approximate surface area is 198 Å². The number of carbonyl (C=O) groups is 1. The molecule has 0 unspecified atom stereocenters. The third-order valence-corrected chi connectivity index (χ3v) is 6.47. The molecule has 0 aliphatic carbocycles. The summed E-state index contributed by atoms with van der Waals surface area (Å²) in [6, 6.07) is 17.7. The van der Waals surface area contributed by atoms with Gasteiger partial charge in [-0.2, -0.15) is 0 Å². The minimum atomic E-state index is -3.68. The fourth-order valence-corrected chi connectivity index (χ4v) is 4.93. The van der Waals surface area contributed by atoms with Crippen molar-refractivity contribution in [3.8, 4) is 11.3 Å². The van der Waals surface area contributed by atoms with Crippen molar-refractivity contribution in [3.63, 3.8) is 0 Å². The lowest BCUT2D eigenvalue weighted by Crippen LogP contribution is -2.40. The van der Waals surface area contributed by atoms with Crippen molar-refractivity contribution in [1.29, 1.82) is 0 Å². The molecule has 1 amide bonds. The lowest BCUT2D eigenvalue weighted by atomic mass is 10.1. The number of hydrogen-bond acceptors (Lipinski definition) is 6. The van der Waals surface area contributed by atoms with Crippen LogP contribution in [0.4, 0.5) is 17.3 Å². The lowest BCUT2D eigenvalue weighted by molar-refractivity contribution is -0.114. The molecule has 0 aliphatic rings. The predicted molar refractivity (Wildman–Crippen MR) is 133 cm³/mol. The summed E-state index contributed by atoms with van der Waals surface area (Å²) in [5.41, 5.74) is 2.95. The molecule has 34 heavy (non-hydrogen) atoms. The van der Waals surface area contributed by atoms with Crippen LogP contribution in [0.25, 0.3) is 16.8 Å². The van der Waals surface area contributed by atoms with Crippen LogP contribution in [-0.4, -0.2) is 34.5 Å². The highest BCUT2D eigenvalue weighted by atomic mass is 32.2. The van der Waals surface area contributed by atoms with Crippen LogP contribution < -0.4 is 15.4 Å². The van der Waals surface area contributed by atoms with Crippen molar-refractivity contribution >= 4 is 38.8 Å². The van der Waals surface area contributed by atoms with E-state index < -0.39 is 15.6 Å². The number of nitrogens with one attached hydrogen (secondary N) is 3. The van der Waals surface area contributed by atoms with Gasteiger partial charge in [0.05, 0.1) is 22.3 Å². The molecule has 0 saturated heterocycles. The van der Waals surface area contributed by atoms with Crippen LogP contribution in [0, 0.1) is 0 Å². The molecule has 2 aromatic heterocycles. The lowest BCUT2D eigenvalue weighted by Gasteiger charge is -2.20. The molecule has 0 bridgehead atoms. The predicted octanol–water partition coefficient (Wildman–Crippen LogP) is 4.18. The fourth-order valence-electron chi connectivity index (χ4n) is 3.47. The minimum Gasteiger partial charge on any atom is -0.326 e. The van der Waals surface area contributed by atoms with Crippen molar-refractivity contribution in [1.82, 2.24) is 19.3 Å². The highest BCUT2D eigenvalue weighted by Crippen LogP contribution is 2.26. The summed E-state index contributed by atoms with van der Waals surface area (Å²) < 4.78 is 30.0. The normalized spacial score (nSPS) is 12.0. The van der Waals surface area contributed by atoms with Gasteiger partial charge in [0.25, 0.3) is 0 Å². The Bertz CT molecular complexity index is 1470. The summed E-state index contributed by atoms with van der Waals surface area (Å²) in [5, 5.41) is 10.5. The summed E-state index contributed by atoms with van der Waals surface area (Å²) in [6.07, 6.45) is 1.68. The van der Waals surface area contributed by atoms with E-state index in [0.29, 0.717) is 22.9 Å². The Morgan fingerprint density at radius 3 is 2.44 bits per heavy atom. The Morgan fingerprint density at radius 1 is 0.971 bits per heavy atom. The Hall–Kier alpha value is -3.76. The molecule has 9 nitrogen and oxygen atoms in total. The van der Waals surface area contributed by atoms with E-state index in [0.717, 1.165) is 11.2 Å². The molecule has 4 rings (SSSR count). The Morgan fingerprint density at radius 2 is 1.71 bits per heavy atom. The molecule has 0 fully saturated rings. The molecular formula is C24H26N6O3S. The number of benzene rings is 2. The van der Waals surface area contributed by atoms with Crippen LogP contribution in [0.5, 0.6) is 0 Å². The second-order valence-corrected chi connectivity index (χ2v) is 10.6. The standard InChI is InChI=1S/C24H26N6O3S/c1-16(31)26-18-8-6-9-19(14-18)27-23-25-15-20-11-12-22(30(20)28-23)17-7-5-10-21(13-17)34(32,33)29-24(2,3)4/h5-15,29H,1-4H3,(H,26,31)(H,27,28). The molecule has 4 aromatic rings. The zero-order chi connectivity index (χ0) is 24.5. The van der Waals surface area contributed by atoms with E-state index in [1.54, 1.807) is 61.8 Å². The first-order chi connectivity index (χ1) is 16.0. The summed E-state index contributed by atoms with van der Waals surface area (Å²) in [6.45, 7) is 6.84. The summed E-state index contributed by atoms with van der Waals surface area (Å²) >= 11 is 0. The van der Waals surface area contributed by atoms with E-state index in [1.807, 2.05) is 30.3 Å². The molecule has 176 valence electrons. The first-order valence-corrected chi connectivity index (χ1v) is 12.1. The van der Waals surface area contributed by atoms with E-state index in [-0.39, 0.29) is 10.8 Å². The number of aromatic nitrogens is 3. The van der Waals surface area contributed by atoms with Gasteiger partial charge in [0.2, 0.25) is 21.9 Å². The molecule has 2 heterocycles. The van der Waals surface area contributed by atoms with Gasteiger partial charge in [0.1, 0.15) is 0 Å². The van der Waals surface area contributed by atoms with E-state index in [9.17, 15) is 13.2 Å². The summed E-state index contributed by atoms with van der Waals surface area (Å²) in [5.74, 6) is 0.192. The van der Waals surface area contributed by atoms with Crippen LogP contribution in [0.3, 0.4) is 0 Å². The van der Waals surface area contributed by atoms with Crippen LogP contribution >= 0.6 is 0 Å². The summed E-state index contributed by atoms with van der Waals surface area (Å²) in [7, 11) is -3.68. The van der Waals surface area contributed by atoms with Crippen molar-refractivity contribution in [2.75, 3.05) is 10.6 Å². The van der Waals surface area contributed by atoms with Crippen LogP contribution in [-0.2, 0) is 14.8 Å². The number of amides is 1. The largest absolute Gasteiger partial charge is 0.326 e. The monoisotopic (exact) mass is 478 g/mol. The van der Waals surface area contributed by atoms with Crippen LogP contribution in [0.2, 0.25) is 0 Å². The van der Waals surface area contributed by atoms with Gasteiger partial charge in [0, 0.05) is 29.4 Å². The maximum atomic E-state index is 12.8. The van der Waals surface area contributed by atoms with Gasteiger partial charge in [-0.05, 0) is 63.2 Å². The average Bonchev–Trinajstić information content (AvgIpc) is 3.15. The number of hydrogen-bond donors (Lipinski definition) is 3. The van der Waals surface area contributed by atoms with Gasteiger partial charge in [-0.1, -0.05) is 18.2 Å². The number of fused-ring (bicyclic) bond motifs is 1. The highest BCUT2D eigenvalue weighted by molar-refractivity contribution is 7.89. The number of sulfonamides is 1. The van der Waals surface area contributed by atoms with Crippen LogP contribution in [0.15, 0.2) is 71.8 Å². The van der Waals surface area contributed by atoms with Gasteiger partial charge in [-0.15, -0.1) is 5.10 Å². The topological polar surface area (TPSA) is 117 Å². The second kappa shape index (κ2) is 8.88. The van der Waals surface area contributed by atoms with E-state index >= 15 is 0 Å². The summed E-state index contributed by atoms with van der Waals surface area (Å²) in [4.78, 5) is 15.9. The number of nitrogens with zero attached hydrogens (tertiary/aromatic N) is 3. The van der Waals surface area contributed by atoms with Gasteiger partial charge < -0.3 is 10.6 Å². The first kappa shape index (κ1) is 23.4. The van der Waals surface area contributed by atoms with Gasteiger partial charge in [-0.25, -0.2) is 22.6 Å². The second-order valence-electron chi connectivity index (χ2n) is 8.91. The van der Waals surface area contributed by atoms with E-state index in [4.69, 9.17) is 0 Å². The number of carbonyl (C=O) groups excluding carboxylic acids is 1. The third kappa shape index (κ3) is 5.41. The molecule has 3 N–H and O–H groups in total. The number of anilines is 3. The molecule has 0 saturated carbocycles. The van der Waals surface area contributed by atoms with Crippen molar-refractivity contribution < 1.29 is 13.2 Å². The van der Waals surface area contributed by atoms with Crippen LogP contribution in [0.1, 0.15) is 27.7 Å². The zero-order valence-electron chi connectivity index (χ0n) is 19.3. The maximum absolute atomic E-state index is 12.8. The Kier molecular flexibility index (Phi) is 6.11. The number of rotatable bonds is 6. The molecule has 10 heteroatoms. The Balaban J connectivity index is 1.67. The van der Waals surface area contributed by atoms with Gasteiger partial charge >= 0.3 is 0 Å². The van der Waals surface area contributed by atoms with Crippen molar-refractivity contribution in [3.05, 3.63) is 66.9 Å². The smallest absolute Gasteiger partial charge is 0.245 e. The van der Waals surface area contributed by atoms with Crippen molar-refractivity contribution in [2.24, 2.45) is 0 Å². The molecular weight excluding hydrogens is 452 g/mol. The van der Waals surface area contributed by atoms with E-state index in [1.165, 1.54) is 6.92 Å². The first-order valence-electron chi connectivity index (χ1n) is 10.6. The average molecular weight is 479 g/mol. The maximum Gasteiger partial charge on any atom is 0.245 e. The third-order valence-electron chi connectivity index (χ3n) is 4.72. The zero-order valence-corrected chi connectivity index (χ0v) is 20.1. The molecule has 0 spiro atoms. The van der Waals surface area contributed by atoms with E-state index in [2.05, 4.69) is 25.4 Å². The minimum absolute atomic E-state index is 0.159. The van der Waals surface area contributed by atoms with Gasteiger partial charge in [0.15, 0.2) is 0 Å². The van der Waals surface area contributed by atoms with Gasteiger partial charge in [-0.3, -0.25) is 4.79 Å². The molecule has 0 radical (unpaired) electrons. The SMILES string of the molecule is CC(=O)Nc1cccc(Nc2ncc3ccc(-c4cccc(S(=O)(=O)NC(C)(C)C)c4)n3n2)c1.